The fourth-order valence-electron chi connectivity index (χ4n) is 1.62. The van der Waals surface area contributed by atoms with Gasteiger partial charge in [-0.25, -0.2) is 0 Å². The summed E-state index contributed by atoms with van der Waals surface area (Å²) >= 11 is 1.24. The number of rotatable bonds is 5. The van der Waals surface area contributed by atoms with E-state index in [-0.39, 0.29) is 23.1 Å². The average Bonchev–Trinajstić information content (AvgIpc) is 2.48. The number of hydrogen-bond donors (Lipinski definition) is 2. The van der Waals surface area contributed by atoms with Gasteiger partial charge in [0.2, 0.25) is 11.7 Å². The molecule has 0 atom stereocenters. The first-order chi connectivity index (χ1) is 10.5. The van der Waals surface area contributed by atoms with Gasteiger partial charge in [0.15, 0.2) is 0 Å². The molecule has 2 aromatic carbocycles. The van der Waals surface area contributed by atoms with Gasteiger partial charge in [0.25, 0.3) is 0 Å². The van der Waals surface area contributed by atoms with E-state index in [1.165, 1.54) is 30.0 Å². The van der Waals surface area contributed by atoms with Crippen LogP contribution in [0.25, 0.3) is 0 Å². The van der Waals surface area contributed by atoms with Crippen molar-refractivity contribution in [2.45, 2.75) is 4.90 Å². The molecule has 0 saturated carbocycles. The number of amides is 1. The number of hydrogen-bond acceptors (Lipinski definition) is 5. The summed E-state index contributed by atoms with van der Waals surface area (Å²) in [5.74, 6) is -1.12. The molecule has 2 aromatic rings. The van der Waals surface area contributed by atoms with Gasteiger partial charge in [0.1, 0.15) is 5.75 Å². The third kappa shape index (κ3) is 4.19. The van der Waals surface area contributed by atoms with E-state index in [0.717, 1.165) is 17.0 Å². The number of nitro benzene ring substituents is 1. The Bertz CT molecular complexity index is 706. The Kier molecular flexibility index (Phi) is 4.95. The second-order valence-electron chi connectivity index (χ2n) is 4.25. The van der Waals surface area contributed by atoms with Crippen LogP contribution in [0.3, 0.4) is 0 Å². The Labute approximate surface area is 129 Å². The van der Waals surface area contributed by atoms with Crippen molar-refractivity contribution in [2.24, 2.45) is 0 Å². The van der Waals surface area contributed by atoms with Crippen LogP contribution in [0, 0.1) is 15.9 Å². The number of phenols is 1. The normalized spacial score (nSPS) is 10.2. The monoisotopic (exact) mass is 322 g/mol. The zero-order valence-electron chi connectivity index (χ0n) is 11.2. The first-order valence-corrected chi connectivity index (χ1v) is 7.10. The van der Waals surface area contributed by atoms with Gasteiger partial charge in [0, 0.05) is 16.6 Å². The number of nitro groups is 1. The number of halogens is 1. The van der Waals surface area contributed by atoms with Crippen LogP contribution in [-0.4, -0.2) is 21.7 Å². The number of nitrogens with one attached hydrogen (secondary N) is 1. The van der Waals surface area contributed by atoms with Gasteiger partial charge in [-0.2, -0.15) is 4.39 Å². The Morgan fingerprint density at radius 2 is 1.95 bits per heavy atom. The van der Waals surface area contributed by atoms with Crippen LogP contribution in [0.5, 0.6) is 5.75 Å². The summed E-state index contributed by atoms with van der Waals surface area (Å²) in [6.45, 7) is 0. The van der Waals surface area contributed by atoms with Crippen molar-refractivity contribution in [3.05, 3.63) is 58.4 Å². The minimum absolute atomic E-state index is 0.0793. The van der Waals surface area contributed by atoms with Crippen LogP contribution in [0.4, 0.5) is 15.8 Å². The topological polar surface area (TPSA) is 92.5 Å². The number of thioether (sulfide) groups is 1. The average molecular weight is 322 g/mol. The Hall–Kier alpha value is -2.61. The lowest BCUT2D eigenvalue weighted by atomic mass is 10.2. The molecule has 114 valence electrons. The molecule has 6 nitrogen and oxygen atoms in total. The summed E-state index contributed by atoms with van der Waals surface area (Å²) in [6.07, 6.45) is 0. The minimum atomic E-state index is -0.957. The number of nitrogens with zero attached hydrogens (tertiary/aromatic N) is 1. The highest BCUT2D eigenvalue weighted by Crippen LogP contribution is 2.23. The summed E-state index contributed by atoms with van der Waals surface area (Å²) in [5.41, 5.74) is -0.534. The molecule has 0 aliphatic rings. The fourth-order valence-corrected chi connectivity index (χ4v) is 2.32. The molecular weight excluding hydrogens is 311 g/mol. The molecule has 8 heteroatoms. The molecule has 22 heavy (non-hydrogen) atoms. The maximum atomic E-state index is 13.2. The lowest BCUT2D eigenvalue weighted by molar-refractivity contribution is -0.387. The SMILES string of the molecule is O=C(CSc1ccc(O)cc1)Nc1ccc(F)c([N+](=O)[O-])c1. The predicted molar refractivity (Wildman–Crippen MR) is 80.5 cm³/mol. The first kappa shape index (κ1) is 15.8. The van der Waals surface area contributed by atoms with E-state index in [1.54, 1.807) is 12.1 Å². The Balaban J connectivity index is 1.96. The quantitative estimate of drug-likeness (QED) is 0.501. The van der Waals surface area contributed by atoms with Crippen LogP contribution >= 0.6 is 11.8 Å². The molecule has 0 fully saturated rings. The molecule has 0 heterocycles. The third-order valence-corrected chi connectivity index (χ3v) is 3.65. The van der Waals surface area contributed by atoms with Crippen molar-refractivity contribution in [3.8, 4) is 5.75 Å². The van der Waals surface area contributed by atoms with Gasteiger partial charge in [-0.3, -0.25) is 14.9 Å². The smallest absolute Gasteiger partial charge is 0.306 e. The second-order valence-corrected chi connectivity index (χ2v) is 5.30. The van der Waals surface area contributed by atoms with E-state index < -0.39 is 16.4 Å². The van der Waals surface area contributed by atoms with Crippen molar-refractivity contribution >= 4 is 29.0 Å². The number of phenolic OH excluding ortho intramolecular Hbond substituents is 1. The molecule has 0 spiro atoms. The van der Waals surface area contributed by atoms with Crippen molar-refractivity contribution in [1.29, 1.82) is 0 Å². The lowest BCUT2D eigenvalue weighted by Crippen LogP contribution is -2.14. The molecular formula is C14H11FN2O4S. The summed E-state index contributed by atoms with van der Waals surface area (Å²) in [7, 11) is 0. The largest absolute Gasteiger partial charge is 0.508 e. The molecule has 0 aromatic heterocycles. The minimum Gasteiger partial charge on any atom is -0.508 e. The van der Waals surface area contributed by atoms with Gasteiger partial charge in [-0.15, -0.1) is 11.8 Å². The van der Waals surface area contributed by atoms with E-state index in [1.807, 2.05) is 0 Å². The van der Waals surface area contributed by atoms with Crippen molar-refractivity contribution in [1.82, 2.24) is 0 Å². The van der Waals surface area contributed by atoms with Gasteiger partial charge in [0.05, 0.1) is 10.7 Å². The summed E-state index contributed by atoms with van der Waals surface area (Å²) in [4.78, 5) is 22.3. The molecule has 0 aliphatic carbocycles. The van der Waals surface area contributed by atoms with E-state index in [2.05, 4.69) is 5.32 Å². The number of benzene rings is 2. The van der Waals surface area contributed by atoms with Crippen molar-refractivity contribution < 1.29 is 19.2 Å². The maximum Gasteiger partial charge on any atom is 0.306 e. The van der Waals surface area contributed by atoms with Crippen molar-refractivity contribution in [2.75, 3.05) is 11.1 Å². The number of carbonyl (C=O) groups excluding carboxylic acids is 1. The van der Waals surface area contributed by atoms with Gasteiger partial charge < -0.3 is 10.4 Å². The summed E-state index contributed by atoms with van der Waals surface area (Å²) in [5, 5.41) is 22.2. The number of aromatic hydroxyl groups is 1. The zero-order chi connectivity index (χ0) is 16.1. The summed E-state index contributed by atoms with van der Waals surface area (Å²) < 4.78 is 13.2. The van der Waals surface area contributed by atoms with E-state index in [0.29, 0.717) is 0 Å². The highest BCUT2D eigenvalue weighted by molar-refractivity contribution is 8.00. The molecule has 2 N–H and O–H groups in total. The standard InChI is InChI=1S/C14H11FN2O4S/c15-12-6-1-9(7-13(12)17(20)21)16-14(19)8-22-11-4-2-10(18)3-5-11/h1-7,18H,8H2,(H,16,19). The van der Waals surface area contributed by atoms with E-state index in [9.17, 15) is 19.3 Å². The van der Waals surface area contributed by atoms with E-state index in [4.69, 9.17) is 5.11 Å². The zero-order valence-corrected chi connectivity index (χ0v) is 12.0. The van der Waals surface area contributed by atoms with Crippen LogP contribution in [0.2, 0.25) is 0 Å². The first-order valence-electron chi connectivity index (χ1n) is 6.11. The summed E-state index contributed by atoms with van der Waals surface area (Å²) in [6, 6.07) is 9.49. The van der Waals surface area contributed by atoms with Crippen LogP contribution in [0.15, 0.2) is 47.4 Å². The number of anilines is 1. The molecule has 0 unspecified atom stereocenters. The molecule has 0 aliphatic heterocycles. The Morgan fingerprint density at radius 1 is 1.27 bits per heavy atom. The van der Waals surface area contributed by atoms with E-state index >= 15 is 0 Å². The van der Waals surface area contributed by atoms with Crippen LogP contribution in [0.1, 0.15) is 0 Å². The maximum absolute atomic E-state index is 13.2. The highest BCUT2D eigenvalue weighted by Gasteiger charge is 2.15. The third-order valence-electron chi connectivity index (χ3n) is 2.63. The highest BCUT2D eigenvalue weighted by atomic mass is 32.2. The molecule has 0 saturated heterocycles. The predicted octanol–water partition coefficient (Wildman–Crippen LogP) is 3.17. The number of carbonyl (C=O) groups is 1. The van der Waals surface area contributed by atoms with Gasteiger partial charge in [-0.05, 0) is 36.4 Å². The fraction of sp³-hybridized carbons (Fsp3) is 0.0714. The van der Waals surface area contributed by atoms with Gasteiger partial charge >= 0.3 is 5.69 Å². The van der Waals surface area contributed by atoms with Crippen LogP contribution < -0.4 is 5.32 Å². The van der Waals surface area contributed by atoms with Gasteiger partial charge in [-0.1, -0.05) is 0 Å². The van der Waals surface area contributed by atoms with Crippen LogP contribution in [-0.2, 0) is 4.79 Å². The molecule has 2 rings (SSSR count). The molecule has 0 radical (unpaired) electrons. The molecule has 1 amide bonds. The second kappa shape index (κ2) is 6.90. The lowest BCUT2D eigenvalue weighted by Gasteiger charge is -2.05. The Morgan fingerprint density at radius 3 is 2.59 bits per heavy atom. The van der Waals surface area contributed by atoms with Crippen molar-refractivity contribution in [3.63, 3.8) is 0 Å². The molecule has 0 bridgehead atoms.